The van der Waals surface area contributed by atoms with Crippen molar-refractivity contribution in [1.29, 1.82) is 0 Å². The summed E-state index contributed by atoms with van der Waals surface area (Å²) in [6.45, 7) is 19.7. The molecule has 0 saturated carbocycles. The van der Waals surface area contributed by atoms with Gasteiger partial charge in [-0.3, -0.25) is 9.59 Å². The summed E-state index contributed by atoms with van der Waals surface area (Å²) in [6.07, 6.45) is 0. The molecule has 2 fully saturated rings. The molecule has 0 unspecified atom stereocenters. The molecule has 2 aliphatic rings. The zero-order chi connectivity index (χ0) is 41.5. The average Bonchev–Trinajstić information content (AvgIpc) is 3.18. The fourth-order valence-corrected chi connectivity index (χ4v) is 7.28. The van der Waals surface area contributed by atoms with Crippen LogP contribution in [0.25, 0.3) is 45.1 Å². The summed E-state index contributed by atoms with van der Waals surface area (Å²) in [5, 5.41) is 0.582. The SMILES string of the molecule is CN1CCN(c2nc3nc(-c4ccc(C(C)(C)C)cc4)[nH]c(=O)c3[nH]c2=O)CC1.CN1CCN(c2nc3nc(-c4ccc(C(C)(C)C)cc4)nc(Cl)c3nc2Cl)CC1. The van der Waals surface area contributed by atoms with Crippen molar-refractivity contribution in [1.82, 2.24) is 49.7 Å². The van der Waals surface area contributed by atoms with Crippen LogP contribution in [0.1, 0.15) is 52.7 Å². The number of aromatic amines is 2. The predicted molar refractivity (Wildman–Crippen MR) is 234 cm³/mol. The molecule has 0 bridgehead atoms. The van der Waals surface area contributed by atoms with E-state index in [4.69, 9.17) is 28.2 Å². The first-order valence-corrected chi connectivity index (χ1v) is 20.2. The number of anilines is 2. The second kappa shape index (κ2) is 16.3. The smallest absolute Gasteiger partial charge is 0.291 e. The number of rotatable bonds is 4. The van der Waals surface area contributed by atoms with Crippen LogP contribution in [-0.4, -0.2) is 116 Å². The molecule has 16 heteroatoms. The van der Waals surface area contributed by atoms with Crippen LogP contribution in [0.5, 0.6) is 0 Å². The molecule has 304 valence electrons. The van der Waals surface area contributed by atoms with Crippen LogP contribution >= 0.6 is 23.2 Å². The van der Waals surface area contributed by atoms with Crippen molar-refractivity contribution in [2.75, 3.05) is 76.3 Å². The van der Waals surface area contributed by atoms with Crippen molar-refractivity contribution in [3.05, 3.63) is 90.7 Å². The number of aromatic nitrogens is 8. The molecule has 8 rings (SSSR count). The lowest BCUT2D eigenvalue weighted by atomic mass is 9.86. The Morgan fingerprint density at radius 3 is 1.57 bits per heavy atom. The van der Waals surface area contributed by atoms with Gasteiger partial charge in [-0.15, -0.1) is 0 Å². The minimum Gasteiger partial charge on any atom is -0.351 e. The predicted octanol–water partition coefficient (Wildman–Crippen LogP) is 6.17. The number of nitrogens with one attached hydrogen (secondary N) is 2. The van der Waals surface area contributed by atoms with Gasteiger partial charge < -0.3 is 29.6 Å². The molecule has 14 nitrogen and oxygen atoms in total. The lowest BCUT2D eigenvalue weighted by molar-refractivity contribution is 0.312. The van der Waals surface area contributed by atoms with E-state index in [2.05, 4.69) is 110 Å². The van der Waals surface area contributed by atoms with Crippen molar-refractivity contribution in [2.24, 2.45) is 0 Å². The number of H-pyrrole nitrogens is 2. The van der Waals surface area contributed by atoms with Gasteiger partial charge in [-0.05, 0) is 36.1 Å². The molecule has 2 aromatic carbocycles. The molecular formula is C42H50Cl2N12O2. The zero-order valence-corrected chi connectivity index (χ0v) is 35.8. The molecule has 0 spiro atoms. The van der Waals surface area contributed by atoms with Gasteiger partial charge in [0, 0.05) is 63.5 Å². The highest BCUT2D eigenvalue weighted by atomic mass is 35.5. The second-order valence-electron chi connectivity index (χ2n) is 17.1. The number of hydrogen-bond acceptors (Lipinski definition) is 12. The van der Waals surface area contributed by atoms with Crippen LogP contribution in [0.3, 0.4) is 0 Å². The summed E-state index contributed by atoms with van der Waals surface area (Å²) >= 11 is 12.8. The van der Waals surface area contributed by atoms with Crippen molar-refractivity contribution in [3.63, 3.8) is 0 Å². The Labute approximate surface area is 347 Å². The monoisotopic (exact) mass is 824 g/mol. The molecule has 0 aliphatic carbocycles. The highest BCUT2D eigenvalue weighted by molar-refractivity contribution is 6.35. The van der Waals surface area contributed by atoms with E-state index in [9.17, 15) is 9.59 Å². The normalized spacial score (nSPS) is 15.8. The average molecular weight is 826 g/mol. The maximum atomic E-state index is 12.6. The molecule has 2 aliphatic heterocycles. The second-order valence-corrected chi connectivity index (χ2v) is 17.8. The van der Waals surface area contributed by atoms with E-state index in [1.807, 2.05) is 48.3 Å². The van der Waals surface area contributed by atoms with E-state index in [-0.39, 0.29) is 32.7 Å². The Morgan fingerprint density at radius 1 is 0.534 bits per heavy atom. The summed E-state index contributed by atoms with van der Waals surface area (Å²) in [5.74, 6) is 1.93. The zero-order valence-electron chi connectivity index (χ0n) is 34.3. The molecule has 58 heavy (non-hydrogen) atoms. The van der Waals surface area contributed by atoms with E-state index in [0.29, 0.717) is 52.7 Å². The van der Waals surface area contributed by atoms with Crippen LogP contribution in [-0.2, 0) is 10.8 Å². The van der Waals surface area contributed by atoms with Crippen molar-refractivity contribution in [2.45, 2.75) is 52.4 Å². The number of likely N-dealkylation sites (N-methyl/N-ethyl adjacent to an activating group) is 2. The van der Waals surface area contributed by atoms with Gasteiger partial charge in [-0.25, -0.2) is 29.9 Å². The van der Waals surface area contributed by atoms with Gasteiger partial charge in [0.2, 0.25) is 0 Å². The molecule has 6 heterocycles. The molecule has 0 atom stereocenters. The van der Waals surface area contributed by atoms with E-state index in [0.717, 1.165) is 50.4 Å². The van der Waals surface area contributed by atoms with Gasteiger partial charge >= 0.3 is 0 Å². The van der Waals surface area contributed by atoms with Crippen LogP contribution in [0.4, 0.5) is 11.6 Å². The van der Waals surface area contributed by atoms with Gasteiger partial charge in [0.15, 0.2) is 44.6 Å². The maximum Gasteiger partial charge on any atom is 0.291 e. The number of nitrogens with zero attached hydrogens (tertiary/aromatic N) is 10. The number of benzene rings is 2. The lowest BCUT2D eigenvalue weighted by Crippen LogP contribution is -2.46. The van der Waals surface area contributed by atoms with E-state index >= 15 is 0 Å². The van der Waals surface area contributed by atoms with Crippen molar-refractivity contribution < 1.29 is 0 Å². The van der Waals surface area contributed by atoms with Crippen LogP contribution < -0.4 is 20.9 Å². The fourth-order valence-electron chi connectivity index (χ4n) is 6.83. The third-order valence-corrected chi connectivity index (χ3v) is 11.1. The fraction of sp³-hybridized carbons (Fsp3) is 0.429. The van der Waals surface area contributed by atoms with Crippen molar-refractivity contribution in [3.8, 4) is 22.8 Å². The molecule has 2 N–H and O–H groups in total. The van der Waals surface area contributed by atoms with Crippen molar-refractivity contribution >= 4 is 57.2 Å². The summed E-state index contributed by atoms with van der Waals surface area (Å²) in [6, 6.07) is 16.2. The topological polar surface area (TPSA) is 156 Å². The summed E-state index contributed by atoms with van der Waals surface area (Å²) in [5.41, 5.74) is 4.72. The Kier molecular flexibility index (Phi) is 11.6. The third kappa shape index (κ3) is 9.00. The van der Waals surface area contributed by atoms with Gasteiger partial charge in [-0.2, -0.15) is 0 Å². The summed E-state index contributed by atoms with van der Waals surface area (Å²) in [4.78, 5) is 66.3. The Bertz CT molecular complexity index is 2550. The summed E-state index contributed by atoms with van der Waals surface area (Å²) in [7, 11) is 4.16. The highest BCUT2D eigenvalue weighted by Gasteiger charge is 2.23. The van der Waals surface area contributed by atoms with E-state index < -0.39 is 5.56 Å². The number of piperazine rings is 2. The Balaban J connectivity index is 0.000000177. The third-order valence-electron chi connectivity index (χ3n) is 10.6. The molecule has 0 amide bonds. The van der Waals surface area contributed by atoms with Gasteiger partial charge in [-0.1, -0.05) is 113 Å². The minimum atomic E-state index is -0.403. The van der Waals surface area contributed by atoms with E-state index in [1.165, 1.54) is 11.1 Å². The lowest BCUT2D eigenvalue weighted by Gasteiger charge is -2.33. The molecule has 2 saturated heterocycles. The first kappa shape index (κ1) is 41.2. The Morgan fingerprint density at radius 2 is 1.03 bits per heavy atom. The molecular weight excluding hydrogens is 775 g/mol. The molecule has 6 aromatic rings. The molecule has 4 aromatic heterocycles. The van der Waals surface area contributed by atoms with Crippen LogP contribution in [0.15, 0.2) is 58.1 Å². The van der Waals surface area contributed by atoms with Gasteiger partial charge in [0.1, 0.15) is 11.3 Å². The number of hydrogen-bond donors (Lipinski definition) is 2. The Hall–Kier alpha value is -5.02. The van der Waals surface area contributed by atoms with Gasteiger partial charge in [0.25, 0.3) is 11.1 Å². The van der Waals surface area contributed by atoms with Gasteiger partial charge in [0.05, 0.1) is 0 Å². The first-order valence-electron chi connectivity index (χ1n) is 19.5. The first-order chi connectivity index (χ1) is 27.4. The number of halogens is 2. The summed E-state index contributed by atoms with van der Waals surface area (Å²) < 4.78 is 0. The number of fused-ring (bicyclic) bond motifs is 2. The maximum absolute atomic E-state index is 12.6. The molecule has 0 radical (unpaired) electrons. The quantitative estimate of drug-likeness (QED) is 0.196. The minimum absolute atomic E-state index is 0.0429. The van der Waals surface area contributed by atoms with E-state index in [1.54, 1.807) is 0 Å². The standard InChI is InChI=1S/C21H24Cl2N6.C21H26N6O2/c1-21(2,3)14-7-5-13(6-8-14)18-25-16(22)15-19(26-18)27-20(17(23)24-15)29-11-9-28(4)10-12-29;1-21(2,3)14-7-5-13(6-8-14)16-23-17-15(19(28)25-16)22-20(29)18(24-17)27-11-9-26(4)10-12-27/h5-8H,9-12H2,1-4H3;5-8H,9-12H2,1-4H3,(H,22,29)(H,23,24,25,28). The largest absolute Gasteiger partial charge is 0.351 e. The van der Waals surface area contributed by atoms with Crippen LogP contribution in [0.2, 0.25) is 10.3 Å². The highest BCUT2D eigenvalue weighted by Crippen LogP contribution is 2.31. The van der Waals surface area contributed by atoms with Crippen LogP contribution in [0, 0.1) is 0 Å².